The van der Waals surface area contributed by atoms with Gasteiger partial charge in [0.25, 0.3) is 5.56 Å². The Bertz CT molecular complexity index is 1900. The molecule has 0 spiro atoms. The summed E-state index contributed by atoms with van der Waals surface area (Å²) in [7, 11) is 0. The Labute approximate surface area is 278 Å². The molecule has 0 unspecified atom stereocenters. The van der Waals surface area contributed by atoms with E-state index in [0.717, 1.165) is 0 Å². The van der Waals surface area contributed by atoms with Crippen LogP contribution in [0.15, 0.2) is 40.8 Å². The molecule has 1 saturated heterocycles. The number of pyridine rings is 2. The van der Waals surface area contributed by atoms with Crippen molar-refractivity contribution in [2.24, 2.45) is 16.8 Å². The van der Waals surface area contributed by atoms with E-state index in [2.05, 4.69) is 17.6 Å². The van der Waals surface area contributed by atoms with E-state index in [9.17, 15) is 19.2 Å². The number of carbonyl (C=O) groups excluding carboxylic acids is 1. The Hall–Kier alpha value is -3.62. The number of rotatable bonds is 5. The lowest BCUT2D eigenvalue weighted by molar-refractivity contribution is -0.126. The van der Waals surface area contributed by atoms with Crippen LogP contribution in [0.1, 0.15) is 32.4 Å². The van der Waals surface area contributed by atoms with Crippen molar-refractivity contribution < 1.29 is 9.18 Å². The summed E-state index contributed by atoms with van der Waals surface area (Å²) in [6.07, 6.45) is 4.82. The van der Waals surface area contributed by atoms with Gasteiger partial charge in [-0.15, -0.1) is 0 Å². The minimum absolute atomic E-state index is 0.00392. The van der Waals surface area contributed by atoms with Crippen LogP contribution in [0.3, 0.4) is 0 Å². The molecule has 5 rings (SSSR count). The normalized spacial score (nSPS) is 18.4. The Morgan fingerprint density at radius 3 is 2.44 bits per heavy atom. The van der Waals surface area contributed by atoms with E-state index in [1.54, 1.807) is 17.2 Å². The molecule has 2 aromatic heterocycles. The number of aliphatic imine (C=N–C) groups is 1. The largest absolute Gasteiger partial charge is 0.397 e. The molecule has 3 aromatic rings. The molecule has 0 saturated carbocycles. The number of piperazine rings is 1. The van der Waals surface area contributed by atoms with Gasteiger partial charge in [0.05, 0.1) is 38.2 Å². The Kier molecular flexibility index (Phi) is 9.20. The molecule has 1 aromatic carbocycles. The second-order valence-corrected chi connectivity index (χ2v) is 12.7. The fourth-order valence-electron chi connectivity index (χ4n) is 5.89. The zero-order chi connectivity index (χ0) is 32.9. The maximum absolute atomic E-state index is 14.7. The number of carbonyl (C=O) groups is 1. The molecule has 2 N–H and O–H groups in total. The summed E-state index contributed by atoms with van der Waals surface area (Å²) in [5.74, 6) is -1.47. The molecule has 14 heteroatoms. The van der Waals surface area contributed by atoms with Gasteiger partial charge in [-0.05, 0) is 18.1 Å². The summed E-state index contributed by atoms with van der Waals surface area (Å²) in [4.78, 5) is 39.7. The summed E-state index contributed by atoms with van der Waals surface area (Å²) >= 11 is 25.7. The van der Waals surface area contributed by atoms with Crippen molar-refractivity contribution in [1.29, 1.82) is 5.26 Å². The monoisotopic (exact) mass is 689 g/mol. The first-order chi connectivity index (χ1) is 21.3. The number of nitriles is 1. The molecule has 45 heavy (non-hydrogen) atoms. The minimum Gasteiger partial charge on any atom is -0.397 e. The number of fused-ring (bicyclic) bond motifs is 1. The Morgan fingerprint density at radius 2 is 1.84 bits per heavy atom. The third-order valence-electron chi connectivity index (χ3n) is 8.13. The van der Waals surface area contributed by atoms with E-state index in [-0.39, 0.29) is 55.9 Å². The van der Waals surface area contributed by atoms with E-state index in [0.29, 0.717) is 43.0 Å². The van der Waals surface area contributed by atoms with Gasteiger partial charge in [-0.3, -0.25) is 19.1 Å². The number of nitrogens with zero attached hydrogens (tertiary/aromatic N) is 6. The standard InChI is InChI=1S/C31H28Cl4FN7O2/c1-5-19(44)41-8-10-42(11-9-41)29-16-12-18(32)27(20-21(33)22(34)24(36)23(35)25(20)38)40-30(16)43(31(45)17(29)13-37)28-15(4)6-7-39-26(28)14(2)3/h5-7,12,14-15,28H,1,8-11,38H2,2-4H3/t15-,28-/m1/s1. The minimum atomic E-state index is -0.992. The number of hydrogen-bond acceptors (Lipinski definition) is 7. The Balaban J connectivity index is 1.88. The van der Waals surface area contributed by atoms with E-state index >= 15 is 0 Å². The highest BCUT2D eigenvalue weighted by molar-refractivity contribution is 6.47. The van der Waals surface area contributed by atoms with Crippen LogP contribution in [0.2, 0.25) is 20.1 Å². The number of anilines is 2. The highest BCUT2D eigenvalue weighted by Crippen LogP contribution is 2.47. The lowest BCUT2D eigenvalue weighted by Gasteiger charge is -2.37. The Morgan fingerprint density at radius 1 is 1.18 bits per heavy atom. The first-order valence-corrected chi connectivity index (χ1v) is 15.6. The van der Waals surface area contributed by atoms with E-state index in [4.69, 9.17) is 57.1 Å². The third kappa shape index (κ3) is 5.46. The van der Waals surface area contributed by atoms with Crippen molar-refractivity contribution in [1.82, 2.24) is 14.5 Å². The zero-order valence-electron chi connectivity index (χ0n) is 24.5. The van der Waals surface area contributed by atoms with Crippen LogP contribution >= 0.6 is 46.4 Å². The highest BCUT2D eigenvalue weighted by Gasteiger charge is 2.35. The van der Waals surface area contributed by atoms with Crippen molar-refractivity contribution in [3.63, 3.8) is 0 Å². The summed E-state index contributed by atoms with van der Waals surface area (Å²) in [5, 5.41) is 9.70. The van der Waals surface area contributed by atoms with Crippen LogP contribution in [0.5, 0.6) is 0 Å². The summed E-state index contributed by atoms with van der Waals surface area (Å²) in [6.45, 7) is 10.8. The van der Waals surface area contributed by atoms with Crippen LogP contribution in [-0.2, 0) is 4.79 Å². The van der Waals surface area contributed by atoms with E-state index in [1.165, 1.54) is 10.6 Å². The van der Waals surface area contributed by atoms with Gasteiger partial charge in [-0.1, -0.05) is 79.8 Å². The fourth-order valence-corrected chi connectivity index (χ4v) is 6.83. The van der Waals surface area contributed by atoms with Gasteiger partial charge in [-0.2, -0.15) is 5.26 Å². The maximum Gasteiger partial charge on any atom is 0.272 e. The zero-order valence-corrected chi connectivity index (χ0v) is 27.6. The van der Waals surface area contributed by atoms with Gasteiger partial charge in [0.15, 0.2) is 5.82 Å². The van der Waals surface area contributed by atoms with Crippen LogP contribution < -0.4 is 16.2 Å². The van der Waals surface area contributed by atoms with Gasteiger partial charge in [0.2, 0.25) is 5.91 Å². The molecule has 4 heterocycles. The molecule has 234 valence electrons. The quantitative estimate of drug-likeness (QED) is 0.135. The molecule has 2 aliphatic rings. The predicted molar refractivity (Wildman–Crippen MR) is 179 cm³/mol. The van der Waals surface area contributed by atoms with Gasteiger partial charge in [-0.25, -0.2) is 9.37 Å². The second kappa shape index (κ2) is 12.6. The first-order valence-electron chi connectivity index (χ1n) is 14.0. The van der Waals surface area contributed by atoms with Gasteiger partial charge < -0.3 is 15.5 Å². The van der Waals surface area contributed by atoms with Crippen LogP contribution in [0.4, 0.5) is 15.8 Å². The molecular formula is C31H28Cl4FN7O2. The van der Waals surface area contributed by atoms with Gasteiger partial charge >= 0.3 is 0 Å². The average Bonchev–Trinajstić information content (AvgIpc) is 3.02. The number of benzene rings is 1. The smallest absolute Gasteiger partial charge is 0.272 e. The molecule has 0 radical (unpaired) electrons. The number of amides is 1. The van der Waals surface area contributed by atoms with Crippen LogP contribution in [0.25, 0.3) is 22.3 Å². The molecule has 9 nitrogen and oxygen atoms in total. The average molecular weight is 691 g/mol. The topological polar surface area (TPSA) is 121 Å². The van der Waals surface area contributed by atoms with Crippen molar-refractivity contribution in [3.05, 3.63) is 72.8 Å². The summed E-state index contributed by atoms with van der Waals surface area (Å²) in [6, 6.07) is 3.09. The third-order valence-corrected chi connectivity index (χ3v) is 9.61. The van der Waals surface area contributed by atoms with Gasteiger partial charge in [0, 0.05) is 55.0 Å². The molecule has 1 amide bonds. The molecule has 1 fully saturated rings. The van der Waals surface area contributed by atoms with Crippen molar-refractivity contribution in [2.75, 3.05) is 36.8 Å². The summed E-state index contributed by atoms with van der Waals surface area (Å²) in [5.41, 5.74) is 6.54. The number of allylic oxidation sites excluding steroid dienone is 1. The lowest BCUT2D eigenvalue weighted by Crippen LogP contribution is -2.49. The highest BCUT2D eigenvalue weighted by atomic mass is 35.5. The molecular weight excluding hydrogens is 663 g/mol. The van der Waals surface area contributed by atoms with Crippen molar-refractivity contribution in [3.8, 4) is 17.3 Å². The van der Waals surface area contributed by atoms with E-state index < -0.39 is 27.5 Å². The number of hydrogen-bond donors (Lipinski definition) is 1. The van der Waals surface area contributed by atoms with E-state index in [1.807, 2.05) is 31.7 Å². The van der Waals surface area contributed by atoms with Crippen molar-refractivity contribution in [2.45, 2.75) is 26.8 Å². The SMILES string of the molecule is C=CC(=O)N1CCN(c2c(C#N)c(=O)n([C@H]3C(C(C)C)=NC=C[C@H]3C)c3nc(-c4c(N)c(Cl)c(F)c(Cl)c4Cl)c(Cl)cc23)CC1. The van der Waals surface area contributed by atoms with Gasteiger partial charge in [0.1, 0.15) is 22.3 Å². The number of nitrogens with two attached hydrogens (primary N) is 1. The number of halogens is 5. The first kappa shape index (κ1) is 32.8. The van der Waals surface area contributed by atoms with Crippen LogP contribution in [-0.4, -0.2) is 52.2 Å². The predicted octanol–water partition coefficient (Wildman–Crippen LogP) is 6.91. The second-order valence-electron chi connectivity index (χ2n) is 11.1. The molecule has 2 atom stereocenters. The van der Waals surface area contributed by atoms with Crippen molar-refractivity contribution >= 4 is 80.4 Å². The fraction of sp³-hybridized carbons (Fsp3) is 0.323. The summed E-state index contributed by atoms with van der Waals surface area (Å²) < 4.78 is 16.1. The number of aromatic nitrogens is 2. The maximum atomic E-state index is 14.7. The molecule has 0 bridgehead atoms. The lowest BCUT2D eigenvalue weighted by atomic mass is 9.88. The number of nitrogen functional groups attached to an aromatic ring is 1. The molecule has 0 aliphatic carbocycles. The van der Waals surface area contributed by atoms with Crippen LogP contribution in [0, 0.1) is 29.0 Å². The molecule has 2 aliphatic heterocycles.